The molecule has 0 unspecified atom stereocenters. The predicted octanol–water partition coefficient (Wildman–Crippen LogP) is 1.47. The molecule has 0 N–H and O–H groups in total. The molecule has 0 radical (unpaired) electrons. The van der Waals surface area contributed by atoms with Crippen LogP contribution in [0.3, 0.4) is 0 Å². The average Bonchev–Trinajstić information content (AvgIpc) is 2.72. The second-order valence-corrected chi connectivity index (χ2v) is 6.37. The van der Waals surface area contributed by atoms with Gasteiger partial charge in [-0.25, -0.2) is 4.79 Å². The van der Waals surface area contributed by atoms with Crippen molar-refractivity contribution in [3.8, 4) is 5.75 Å². The average molecular weight is 389 g/mol. The molecule has 0 bridgehead atoms. The molecule has 0 atom stereocenters. The Labute approximate surface area is 165 Å². The predicted molar refractivity (Wildman–Crippen MR) is 105 cm³/mol. The van der Waals surface area contributed by atoms with E-state index in [2.05, 4.69) is 0 Å². The van der Waals surface area contributed by atoms with Crippen molar-refractivity contribution in [3.05, 3.63) is 35.9 Å². The van der Waals surface area contributed by atoms with Gasteiger partial charge in [0.05, 0.1) is 20.3 Å². The van der Waals surface area contributed by atoms with E-state index >= 15 is 0 Å². The van der Waals surface area contributed by atoms with E-state index in [1.54, 1.807) is 37.0 Å². The molecule has 8 heteroatoms. The molecule has 0 aliphatic carbocycles. The molecule has 0 saturated carbocycles. The topological polar surface area (TPSA) is 79.4 Å². The van der Waals surface area contributed by atoms with Gasteiger partial charge < -0.3 is 24.2 Å². The molecule has 1 fully saturated rings. The number of ether oxygens (including phenoxy) is 2. The number of benzene rings is 1. The van der Waals surface area contributed by atoms with Gasteiger partial charge in [0.25, 0.3) is 0 Å². The molecule has 152 valence electrons. The van der Waals surface area contributed by atoms with Crippen LogP contribution in [0, 0.1) is 0 Å². The highest BCUT2D eigenvalue weighted by atomic mass is 16.6. The van der Waals surface area contributed by atoms with E-state index in [9.17, 15) is 14.4 Å². The molecule has 8 nitrogen and oxygen atoms in total. The molecule has 0 aromatic heterocycles. The van der Waals surface area contributed by atoms with Gasteiger partial charge in [-0.3, -0.25) is 9.59 Å². The van der Waals surface area contributed by atoms with Crippen molar-refractivity contribution in [2.75, 3.05) is 53.5 Å². The van der Waals surface area contributed by atoms with Crippen molar-refractivity contribution < 1.29 is 23.9 Å². The van der Waals surface area contributed by atoms with Gasteiger partial charge in [0.2, 0.25) is 11.8 Å². The molecule has 2 rings (SSSR count). The summed E-state index contributed by atoms with van der Waals surface area (Å²) in [6.45, 7) is 3.79. The first-order valence-electron chi connectivity index (χ1n) is 9.21. The smallest absolute Gasteiger partial charge is 0.409 e. The van der Waals surface area contributed by atoms with Gasteiger partial charge in [-0.15, -0.1) is 0 Å². The van der Waals surface area contributed by atoms with E-state index < -0.39 is 0 Å². The number of methoxy groups -OCH3 is 1. The number of hydrogen-bond acceptors (Lipinski definition) is 5. The molecule has 1 aliphatic rings. The molecule has 0 spiro atoms. The maximum absolute atomic E-state index is 12.4. The van der Waals surface area contributed by atoms with Gasteiger partial charge >= 0.3 is 6.09 Å². The quantitative estimate of drug-likeness (QED) is 0.689. The third-order valence-electron chi connectivity index (χ3n) is 4.42. The normalized spacial score (nSPS) is 14.1. The highest BCUT2D eigenvalue weighted by Crippen LogP contribution is 2.13. The molecule has 3 amide bonds. The van der Waals surface area contributed by atoms with Crippen LogP contribution in [0.15, 0.2) is 30.3 Å². The van der Waals surface area contributed by atoms with Crippen molar-refractivity contribution in [2.45, 2.75) is 6.92 Å². The minimum Gasteiger partial charge on any atom is -0.497 e. The Balaban J connectivity index is 1.82. The Hall–Kier alpha value is -3.03. The fraction of sp³-hybridized carbons (Fsp3) is 0.450. The van der Waals surface area contributed by atoms with Crippen LogP contribution in [-0.4, -0.2) is 86.1 Å². The number of piperazine rings is 1. The van der Waals surface area contributed by atoms with Crippen molar-refractivity contribution in [1.82, 2.24) is 14.7 Å². The molecule has 1 heterocycles. The fourth-order valence-corrected chi connectivity index (χ4v) is 2.77. The second-order valence-electron chi connectivity index (χ2n) is 6.37. The largest absolute Gasteiger partial charge is 0.497 e. The van der Waals surface area contributed by atoms with Crippen LogP contribution < -0.4 is 4.74 Å². The van der Waals surface area contributed by atoms with E-state index in [0.29, 0.717) is 38.5 Å². The number of carbonyl (C=O) groups is 3. The summed E-state index contributed by atoms with van der Waals surface area (Å²) >= 11 is 0. The van der Waals surface area contributed by atoms with Gasteiger partial charge in [-0.05, 0) is 30.7 Å². The van der Waals surface area contributed by atoms with Crippen LogP contribution in [0.4, 0.5) is 4.79 Å². The summed E-state index contributed by atoms with van der Waals surface area (Å²) in [6.07, 6.45) is 2.76. The van der Waals surface area contributed by atoms with Crippen LogP contribution in [0.5, 0.6) is 5.75 Å². The maximum atomic E-state index is 12.4. The van der Waals surface area contributed by atoms with Crippen molar-refractivity contribution in [1.29, 1.82) is 0 Å². The first kappa shape index (κ1) is 21.3. The van der Waals surface area contributed by atoms with Gasteiger partial charge in [-0.1, -0.05) is 12.1 Å². The number of amides is 3. The van der Waals surface area contributed by atoms with Crippen molar-refractivity contribution in [3.63, 3.8) is 0 Å². The molecular weight excluding hydrogens is 362 g/mol. The van der Waals surface area contributed by atoms with Crippen LogP contribution >= 0.6 is 0 Å². The first-order chi connectivity index (χ1) is 13.4. The number of likely N-dealkylation sites (N-methyl/N-ethyl adjacent to an activating group) is 1. The number of hydrogen-bond donors (Lipinski definition) is 0. The Kier molecular flexibility index (Phi) is 7.86. The molecule has 1 saturated heterocycles. The minimum atomic E-state index is -0.357. The Morgan fingerprint density at radius 2 is 1.82 bits per heavy atom. The summed E-state index contributed by atoms with van der Waals surface area (Å²) in [7, 11) is 3.17. The SMILES string of the molecule is CCOC(=O)N1CCN(C(=O)CN(C)C(=O)/C=C/c2cccc(OC)c2)CC1. The lowest BCUT2D eigenvalue weighted by molar-refractivity contribution is -0.138. The summed E-state index contributed by atoms with van der Waals surface area (Å²) in [6, 6.07) is 7.34. The number of carbonyl (C=O) groups excluding carboxylic acids is 3. The standard InChI is InChI=1S/C20H27N3O5/c1-4-28-20(26)23-12-10-22(11-13-23)19(25)15-21(2)18(24)9-8-16-6-5-7-17(14-16)27-3/h5-9,14H,4,10-13,15H2,1-3H3/b9-8+. The molecular formula is C20H27N3O5. The highest BCUT2D eigenvalue weighted by molar-refractivity contribution is 5.94. The number of rotatable bonds is 6. The van der Waals surface area contributed by atoms with E-state index in [-0.39, 0.29) is 24.5 Å². The van der Waals surface area contributed by atoms with E-state index in [4.69, 9.17) is 9.47 Å². The molecule has 28 heavy (non-hydrogen) atoms. The third kappa shape index (κ3) is 6.00. The van der Waals surface area contributed by atoms with E-state index in [1.807, 2.05) is 24.3 Å². The van der Waals surface area contributed by atoms with Gasteiger partial charge in [0, 0.05) is 39.3 Å². The van der Waals surface area contributed by atoms with Crippen LogP contribution in [-0.2, 0) is 14.3 Å². The maximum Gasteiger partial charge on any atom is 0.409 e. The Morgan fingerprint density at radius 1 is 1.14 bits per heavy atom. The summed E-state index contributed by atoms with van der Waals surface area (Å²) in [5, 5.41) is 0. The highest BCUT2D eigenvalue weighted by Gasteiger charge is 2.25. The Bertz CT molecular complexity index is 726. The molecule has 1 aliphatic heterocycles. The summed E-state index contributed by atoms with van der Waals surface area (Å²) < 4.78 is 10.1. The first-order valence-corrected chi connectivity index (χ1v) is 9.21. The second kappa shape index (κ2) is 10.3. The molecule has 1 aromatic carbocycles. The fourth-order valence-electron chi connectivity index (χ4n) is 2.77. The molecule has 1 aromatic rings. The van der Waals surface area contributed by atoms with Crippen LogP contribution in [0.25, 0.3) is 6.08 Å². The lowest BCUT2D eigenvalue weighted by Crippen LogP contribution is -2.52. The monoisotopic (exact) mass is 389 g/mol. The number of nitrogens with zero attached hydrogens (tertiary/aromatic N) is 3. The van der Waals surface area contributed by atoms with Gasteiger partial charge in [0.15, 0.2) is 0 Å². The zero-order chi connectivity index (χ0) is 20.5. The van der Waals surface area contributed by atoms with E-state index in [0.717, 1.165) is 5.56 Å². The minimum absolute atomic E-state index is 0.0132. The van der Waals surface area contributed by atoms with Crippen LogP contribution in [0.1, 0.15) is 12.5 Å². The zero-order valence-corrected chi connectivity index (χ0v) is 16.6. The van der Waals surface area contributed by atoms with Crippen LogP contribution in [0.2, 0.25) is 0 Å². The van der Waals surface area contributed by atoms with Gasteiger partial charge in [-0.2, -0.15) is 0 Å². The zero-order valence-electron chi connectivity index (χ0n) is 16.6. The van der Waals surface area contributed by atoms with Crippen molar-refractivity contribution in [2.24, 2.45) is 0 Å². The summed E-state index contributed by atoms with van der Waals surface area (Å²) in [5.41, 5.74) is 0.836. The van der Waals surface area contributed by atoms with E-state index in [1.165, 1.54) is 11.0 Å². The van der Waals surface area contributed by atoms with Crippen molar-refractivity contribution >= 4 is 24.0 Å². The summed E-state index contributed by atoms with van der Waals surface area (Å²) in [5.74, 6) is 0.301. The summed E-state index contributed by atoms with van der Waals surface area (Å²) in [4.78, 5) is 41.0. The lowest BCUT2D eigenvalue weighted by Gasteiger charge is -2.34. The Morgan fingerprint density at radius 3 is 2.46 bits per heavy atom. The lowest BCUT2D eigenvalue weighted by atomic mass is 10.2. The third-order valence-corrected chi connectivity index (χ3v) is 4.42. The van der Waals surface area contributed by atoms with Gasteiger partial charge in [0.1, 0.15) is 5.75 Å².